The first-order chi connectivity index (χ1) is 9.79. The van der Waals surface area contributed by atoms with Crippen LogP contribution in [-0.4, -0.2) is 19.3 Å². The van der Waals surface area contributed by atoms with Crippen LogP contribution in [-0.2, 0) is 19.0 Å². The van der Waals surface area contributed by atoms with E-state index in [9.17, 15) is 4.79 Å². The molecule has 0 aliphatic heterocycles. The van der Waals surface area contributed by atoms with E-state index >= 15 is 0 Å². The van der Waals surface area contributed by atoms with E-state index in [4.69, 9.17) is 11.6 Å². The van der Waals surface area contributed by atoms with Gasteiger partial charge >= 0.3 is 0 Å². The minimum Gasteiger partial charge on any atom is -0.293 e. The predicted molar refractivity (Wildman–Crippen MR) is 77.8 cm³/mol. The maximum absolute atomic E-state index is 12.5. The fraction of sp³-hybridized carbons (Fsp3) is 0.214. The van der Waals surface area contributed by atoms with Crippen molar-refractivity contribution in [2.45, 2.75) is 19.0 Å². The number of rotatable bonds is 4. The molecule has 0 N–H and O–H groups in total. The Morgan fingerprint density at radius 3 is 2.75 bits per heavy atom. The molecule has 20 heavy (non-hydrogen) atoms. The third-order valence-corrected chi connectivity index (χ3v) is 3.41. The number of hydrogen-bond donors (Lipinski definition) is 0. The van der Waals surface area contributed by atoms with E-state index in [1.165, 1.54) is 0 Å². The summed E-state index contributed by atoms with van der Waals surface area (Å²) in [5.41, 5.74) is 0.627. The van der Waals surface area contributed by atoms with Crippen molar-refractivity contribution in [2.24, 2.45) is 0 Å². The van der Waals surface area contributed by atoms with Crippen molar-refractivity contribution in [1.82, 2.24) is 19.3 Å². The van der Waals surface area contributed by atoms with Crippen LogP contribution in [0.1, 0.15) is 5.82 Å². The van der Waals surface area contributed by atoms with Gasteiger partial charge in [-0.25, -0.2) is 4.98 Å². The third kappa shape index (κ3) is 2.32. The quantitative estimate of drug-likeness (QED) is 0.690. The minimum absolute atomic E-state index is 0.0570. The number of benzene rings is 1. The van der Waals surface area contributed by atoms with E-state index in [1.807, 2.05) is 30.5 Å². The minimum atomic E-state index is -0.0570. The van der Waals surface area contributed by atoms with Gasteiger partial charge in [-0.05, 0) is 18.2 Å². The first kappa shape index (κ1) is 12.9. The van der Waals surface area contributed by atoms with Gasteiger partial charge in [-0.2, -0.15) is 5.10 Å². The number of halogens is 1. The van der Waals surface area contributed by atoms with Crippen molar-refractivity contribution >= 4 is 22.5 Å². The number of hydrogen-bond acceptors (Lipinski definition) is 3. The average molecular weight is 289 g/mol. The molecule has 0 amide bonds. The lowest BCUT2D eigenvalue weighted by atomic mass is 10.2. The highest BCUT2D eigenvalue weighted by molar-refractivity contribution is 6.16. The molecule has 3 aromatic rings. The van der Waals surface area contributed by atoms with Crippen LogP contribution >= 0.6 is 11.6 Å². The second-order valence-electron chi connectivity index (χ2n) is 4.40. The van der Waals surface area contributed by atoms with Gasteiger partial charge in [0.15, 0.2) is 0 Å². The maximum atomic E-state index is 12.5. The molecule has 2 aromatic heterocycles. The molecule has 0 aliphatic rings. The van der Waals surface area contributed by atoms with E-state index in [0.29, 0.717) is 29.8 Å². The van der Waals surface area contributed by atoms with Gasteiger partial charge in [0.1, 0.15) is 5.82 Å². The van der Waals surface area contributed by atoms with Crippen LogP contribution in [0.2, 0.25) is 0 Å². The van der Waals surface area contributed by atoms with Crippen LogP contribution < -0.4 is 5.56 Å². The van der Waals surface area contributed by atoms with Gasteiger partial charge in [0.25, 0.3) is 5.56 Å². The zero-order chi connectivity index (χ0) is 13.9. The molecule has 2 heterocycles. The molecule has 0 fully saturated rings. The second kappa shape index (κ2) is 5.46. The van der Waals surface area contributed by atoms with Crippen LogP contribution in [0.5, 0.6) is 0 Å². The molecule has 1 aromatic carbocycles. The Morgan fingerprint density at radius 2 is 2.00 bits per heavy atom. The molecule has 0 saturated heterocycles. The van der Waals surface area contributed by atoms with Gasteiger partial charge in [-0.3, -0.25) is 14.0 Å². The SMILES string of the molecule is O=c1c2ccccc2nc(CCl)n1CCn1cccn1. The lowest BCUT2D eigenvalue weighted by molar-refractivity contribution is 0.511. The molecule has 0 bridgehead atoms. The smallest absolute Gasteiger partial charge is 0.261 e. The molecule has 102 valence electrons. The van der Waals surface area contributed by atoms with E-state index in [2.05, 4.69) is 10.1 Å². The number of aryl methyl sites for hydroxylation is 1. The molecule has 0 atom stereocenters. The Labute approximate surface area is 120 Å². The molecule has 0 unspecified atom stereocenters. The lowest BCUT2D eigenvalue weighted by Crippen LogP contribution is -2.27. The monoisotopic (exact) mass is 288 g/mol. The molecule has 0 aliphatic carbocycles. The van der Waals surface area contributed by atoms with Crippen molar-refractivity contribution in [1.29, 1.82) is 0 Å². The Bertz CT molecular complexity index is 779. The molecule has 3 rings (SSSR count). The Balaban J connectivity index is 2.04. The fourth-order valence-corrected chi connectivity index (χ4v) is 2.39. The molecule has 0 radical (unpaired) electrons. The number of para-hydroxylation sites is 1. The third-order valence-electron chi connectivity index (χ3n) is 3.17. The molecule has 0 saturated carbocycles. The number of aromatic nitrogens is 4. The average Bonchev–Trinajstić information content (AvgIpc) is 2.99. The van der Waals surface area contributed by atoms with Gasteiger partial charge < -0.3 is 0 Å². The van der Waals surface area contributed by atoms with Crippen molar-refractivity contribution in [2.75, 3.05) is 0 Å². The maximum Gasteiger partial charge on any atom is 0.261 e. The standard InChI is InChI=1S/C14H13ClN4O/c15-10-13-17-12-5-2-1-4-11(12)14(20)19(13)9-8-18-7-3-6-16-18/h1-7H,8-10H2. The lowest BCUT2D eigenvalue weighted by Gasteiger charge is -2.11. The predicted octanol–water partition coefficient (Wildman–Crippen LogP) is 2.03. The van der Waals surface area contributed by atoms with Crippen molar-refractivity contribution in [3.63, 3.8) is 0 Å². The summed E-state index contributed by atoms with van der Waals surface area (Å²) in [7, 11) is 0. The summed E-state index contributed by atoms with van der Waals surface area (Å²) in [5.74, 6) is 0.793. The first-order valence-corrected chi connectivity index (χ1v) is 6.85. The summed E-state index contributed by atoms with van der Waals surface area (Å²) in [5, 5.41) is 4.74. The summed E-state index contributed by atoms with van der Waals surface area (Å²) < 4.78 is 3.40. The van der Waals surface area contributed by atoms with Gasteiger partial charge in [0, 0.05) is 18.9 Å². The van der Waals surface area contributed by atoms with Crippen LogP contribution in [0.3, 0.4) is 0 Å². The summed E-state index contributed by atoms with van der Waals surface area (Å²) >= 11 is 5.92. The molecule has 0 spiro atoms. The van der Waals surface area contributed by atoms with Gasteiger partial charge in [0.05, 0.1) is 23.3 Å². The largest absolute Gasteiger partial charge is 0.293 e. The second-order valence-corrected chi connectivity index (χ2v) is 4.67. The van der Waals surface area contributed by atoms with E-state index in [0.717, 1.165) is 0 Å². The van der Waals surface area contributed by atoms with E-state index < -0.39 is 0 Å². The molecular weight excluding hydrogens is 276 g/mol. The topological polar surface area (TPSA) is 52.7 Å². The summed E-state index contributed by atoms with van der Waals surface area (Å²) in [6.07, 6.45) is 3.57. The van der Waals surface area contributed by atoms with E-state index in [-0.39, 0.29) is 11.4 Å². The van der Waals surface area contributed by atoms with Crippen LogP contribution in [0.25, 0.3) is 10.9 Å². The zero-order valence-corrected chi connectivity index (χ0v) is 11.5. The van der Waals surface area contributed by atoms with Crippen molar-refractivity contribution in [3.8, 4) is 0 Å². The Morgan fingerprint density at radius 1 is 1.15 bits per heavy atom. The highest BCUT2D eigenvalue weighted by atomic mass is 35.5. The Hall–Kier alpha value is -2.14. The normalized spacial score (nSPS) is 11.1. The van der Waals surface area contributed by atoms with Crippen molar-refractivity contribution < 1.29 is 0 Å². The number of nitrogens with zero attached hydrogens (tertiary/aromatic N) is 4. The highest BCUT2D eigenvalue weighted by Gasteiger charge is 2.09. The molecular formula is C14H13ClN4O. The fourth-order valence-electron chi connectivity index (χ4n) is 2.18. The zero-order valence-electron chi connectivity index (χ0n) is 10.7. The van der Waals surface area contributed by atoms with Gasteiger partial charge in [0.2, 0.25) is 0 Å². The van der Waals surface area contributed by atoms with Crippen LogP contribution in [0, 0.1) is 0 Å². The highest BCUT2D eigenvalue weighted by Crippen LogP contribution is 2.09. The van der Waals surface area contributed by atoms with Crippen molar-refractivity contribution in [3.05, 3.63) is 58.9 Å². The van der Waals surface area contributed by atoms with Gasteiger partial charge in [-0.1, -0.05) is 12.1 Å². The Kier molecular flexibility index (Phi) is 3.52. The molecule has 5 nitrogen and oxygen atoms in total. The number of alkyl halides is 1. The summed E-state index contributed by atoms with van der Waals surface area (Å²) in [6.45, 7) is 1.11. The number of fused-ring (bicyclic) bond motifs is 1. The molecule has 6 heteroatoms. The van der Waals surface area contributed by atoms with E-state index in [1.54, 1.807) is 21.5 Å². The van der Waals surface area contributed by atoms with Gasteiger partial charge in [-0.15, -0.1) is 11.6 Å². The van der Waals surface area contributed by atoms with Crippen LogP contribution in [0.4, 0.5) is 0 Å². The summed E-state index contributed by atoms with van der Waals surface area (Å²) in [4.78, 5) is 17.0. The first-order valence-electron chi connectivity index (χ1n) is 6.31. The van der Waals surface area contributed by atoms with Crippen LogP contribution in [0.15, 0.2) is 47.5 Å². The summed E-state index contributed by atoms with van der Waals surface area (Å²) in [6, 6.07) is 9.16.